The predicted molar refractivity (Wildman–Crippen MR) is 66.0 cm³/mol. The number of ketones is 1. The molecule has 0 aromatic heterocycles. The highest BCUT2D eigenvalue weighted by Gasteiger charge is 2.30. The van der Waals surface area contributed by atoms with Crippen LogP contribution in [0.3, 0.4) is 0 Å². The Morgan fingerprint density at radius 2 is 1.89 bits per heavy atom. The van der Waals surface area contributed by atoms with Crippen molar-refractivity contribution >= 4 is 5.78 Å². The second-order valence-corrected chi connectivity index (χ2v) is 4.85. The van der Waals surface area contributed by atoms with Crippen LogP contribution in [-0.2, 0) is 6.18 Å². The molecule has 0 aliphatic carbocycles. The first-order chi connectivity index (χ1) is 8.97. The third kappa shape index (κ3) is 3.80. The highest BCUT2D eigenvalue weighted by atomic mass is 19.4. The molecule has 1 aromatic carbocycles. The molecule has 1 aliphatic rings. The zero-order chi connectivity index (χ0) is 13.9. The molecule has 1 heterocycles. The normalized spacial score (nSPS) is 20.3. The number of hydrogen-bond donors (Lipinski definition) is 1. The number of carbonyl (C=O) groups excluding carboxylic acids is 1. The van der Waals surface area contributed by atoms with Crippen LogP contribution in [-0.4, -0.2) is 18.4 Å². The number of piperidine rings is 1. The van der Waals surface area contributed by atoms with Crippen molar-refractivity contribution in [1.29, 1.82) is 0 Å². The van der Waals surface area contributed by atoms with E-state index in [1.54, 1.807) is 0 Å². The fourth-order valence-electron chi connectivity index (χ4n) is 2.28. The molecule has 1 atom stereocenters. The minimum absolute atomic E-state index is 0.104. The van der Waals surface area contributed by atoms with Crippen molar-refractivity contribution < 1.29 is 18.0 Å². The minimum atomic E-state index is -4.35. The van der Waals surface area contributed by atoms with Crippen molar-refractivity contribution in [2.45, 2.75) is 37.9 Å². The average Bonchev–Trinajstić information content (AvgIpc) is 2.39. The number of nitrogens with one attached hydrogen (secondary N) is 1. The maximum Gasteiger partial charge on any atom is 0.416 e. The van der Waals surface area contributed by atoms with E-state index >= 15 is 0 Å². The van der Waals surface area contributed by atoms with E-state index in [-0.39, 0.29) is 11.8 Å². The van der Waals surface area contributed by atoms with Gasteiger partial charge in [0.1, 0.15) is 0 Å². The van der Waals surface area contributed by atoms with E-state index in [0.717, 1.165) is 37.9 Å². The SMILES string of the molecule is O=C(CC1CCCCN1)c1ccc(C(F)(F)F)cc1. The first kappa shape index (κ1) is 14.1. The van der Waals surface area contributed by atoms with Crippen molar-refractivity contribution in [3.05, 3.63) is 35.4 Å². The van der Waals surface area contributed by atoms with Gasteiger partial charge in [-0.2, -0.15) is 13.2 Å². The van der Waals surface area contributed by atoms with E-state index in [9.17, 15) is 18.0 Å². The molecule has 1 aromatic rings. The Bertz CT molecular complexity index is 433. The van der Waals surface area contributed by atoms with Crippen LogP contribution in [0.25, 0.3) is 0 Å². The van der Waals surface area contributed by atoms with E-state index in [4.69, 9.17) is 0 Å². The van der Waals surface area contributed by atoms with E-state index in [2.05, 4.69) is 5.32 Å². The van der Waals surface area contributed by atoms with Gasteiger partial charge in [0.2, 0.25) is 0 Å². The fraction of sp³-hybridized carbons (Fsp3) is 0.500. The summed E-state index contributed by atoms with van der Waals surface area (Å²) in [4.78, 5) is 12.0. The standard InChI is InChI=1S/C14H16F3NO/c15-14(16,17)11-6-4-10(5-7-11)13(19)9-12-3-1-2-8-18-12/h4-7,12,18H,1-3,8-9H2. The molecule has 0 spiro atoms. The number of alkyl halides is 3. The largest absolute Gasteiger partial charge is 0.416 e. The lowest BCUT2D eigenvalue weighted by molar-refractivity contribution is -0.137. The van der Waals surface area contributed by atoms with Gasteiger partial charge >= 0.3 is 6.18 Å². The molecule has 19 heavy (non-hydrogen) atoms. The number of benzene rings is 1. The van der Waals surface area contributed by atoms with E-state index in [1.165, 1.54) is 12.1 Å². The van der Waals surface area contributed by atoms with Gasteiger partial charge in [-0.1, -0.05) is 18.6 Å². The van der Waals surface area contributed by atoms with Crippen LogP contribution in [0.5, 0.6) is 0 Å². The highest BCUT2D eigenvalue weighted by molar-refractivity contribution is 5.96. The summed E-state index contributed by atoms with van der Waals surface area (Å²) in [6.07, 6.45) is -0.840. The van der Waals surface area contributed by atoms with Crippen molar-refractivity contribution in [2.24, 2.45) is 0 Å². The summed E-state index contributed by atoms with van der Waals surface area (Å²) in [6.45, 7) is 0.908. The van der Waals surface area contributed by atoms with Gasteiger partial charge in [0.05, 0.1) is 5.56 Å². The molecular formula is C14H16F3NO. The quantitative estimate of drug-likeness (QED) is 0.853. The van der Waals surface area contributed by atoms with E-state index in [0.29, 0.717) is 12.0 Å². The molecule has 5 heteroatoms. The summed E-state index contributed by atoms with van der Waals surface area (Å²) in [5, 5.41) is 3.25. The van der Waals surface area contributed by atoms with Crippen molar-refractivity contribution in [3.8, 4) is 0 Å². The first-order valence-corrected chi connectivity index (χ1v) is 6.40. The Labute approximate surface area is 110 Å². The summed E-state index contributed by atoms with van der Waals surface area (Å²) >= 11 is 0. The molecule has 1 unspecified atom stereocenters. The third-order valence-corrected chi connectivity index (χ3v) is 3.38. The van der Waals surface area contributed by atoms with Gasteiger partial charge in [-0.05, 0) is 31.5 Å². The van der Waals surface area contributed by atoms with Gasteiger partial charge in [-0.3, -0.25) is 4.79 Å². The number of hydrogen-bond acceptors (Lipinski definition) is 2. The van der Waals surface area contributed by atoms with Crippen LogP contribution >= 0.6 is 0 Å². The summed E-state index contributed by atoms with van der Waals surface area (Å²) in [6, 6.07) is 4.59. The van der Waals surface area contributed by atoms with Crippen LogP contribution in [0, 0.1) is 0 Å². The maximum absolute atomic E-state index is 12.4. The van der Waals surface area contributed by atoms with Gasteiger partial charge in [0, 0.05) is 18.0 Å². The van der Waals surface area contributed by atoms with Crippen molar-refractivity contribution in [2.75, 3.05) is 6.54 Å². The number of carbonyl (C=O) groups is 1. The third-order valence-electron chi connectivity index (χ3n) is 3.38. The zero-order valence-electron chi connectivity index (χ0n) is 10.5. The van der Waals surface area contributed by atoms with Crippen LogP contribution in [0.2, 0.25) is 0 Å². The Kier molecular flexibility index (Phi) is 4.24. The van der Waals surface area contributed by atoms with Gasteiger partial charge in [-0.25, -0.2) is 0 Å². The number of Topliss-reactive ketones (excluding diaryl/α,β-unsaturated/α-hetero) is 1. The molecule has 104 valence electrons. The first-order valence-electron chi connectivity index (χ1n) is 6.40. The predicted octanol–water partition coefficient (Wildman–Crippen LogP) is 3.42. The van der Waals surface area contributed by atoms with E-state index < -0.39 is 11.7 Å². The van der Waals surface area contributed by atoms with Gasteiger partial charge in [0.15, 0.2) is 5.78 Å². The summed E-state index contributed by atoms with van der Waals surface area (Å²) in [5.74, 6) is -0.104. The summed E-state index contributed by atoms with van der Waals surface area (Å²) in [5.41, 5.74) is -0.375. The molecule has 0 saturated carbocycles. The summed E-state index contributed by atoms with van der Waals surface area (Å²) < 4.78 is 37.2. The summed E-state index contributed by atoms with van der Waals surface area (Å²) in [7, 11) is 0. The molecule has 1 saturated heterocycles. The van der Waals surface area contributed by atoms with Crippen molar-refractivity contribution in [1.82, 2.24) is 5.32 Å². The molecule has 0 bridgehead atoms. The Morgan fingerprint density at radius 3 is 2.42 bits per heavy atom. The zero-order valence-corrected chi connectivity index (χ0v) is 10.5. The second-order valence-electron chi connectivity index (χ2n) is 4.85. The molecule has 1 aliphatic heterocycles. The Balaban J connectivity index is 1.99. The average molecular weight is 271 g/mol. The Hall–Kier alpha value is -1.36. The molecule has 1 fully saturated rings. The maximum atomic E-state index is 12.4. The molecule has 2 rings (SSSR count). The van der Waals surface area contributed by atoms with E-state index in [1.807, 2.05) is 0 Å². The van der Waals surface area contributed by atoms with Gasteiger partial charge in [0.25, 0.3) is 0 Å². The smallest absolute Gasteiger partial charge is 0.314 e. The number of rotatable bonds is 3. The monoisotopic (exact) mass is 271 g/mol. The van der Waals surface area contributed by atoms with Gasteiger partial charge < -0.3 is 5.32 Å². The lowest BCUT2D eigenvalue weighted by Gasteiger charge is -2.22. The second kappa shape index (κ2) is 5.74. The van der Waals surface area contributed by atoms with Crippen LogP contribution in [0.15, 0.2) is 24.3 Å². The lowest BCUT2D eigenvalue weighted by atomic mass is 9.96. The highest BCUT2D eigenvalue weighted by Crippen LogP contribution is 2.29. The topological polar surface area (TPSA) is 29.1 Å². The van der Waals surface area contributed by atoms with Crippen molar-refractivity contribution in [3.63, 3.8) is 0 Å². The molecule has 0 radical (unpaired) electrons. The van der Waals surface area contributed by atoms with Crippen LogP contribution in [0.1, 0.15) is 41.6 Å². The van der Waals surface area contributed by atoms with Crippen LogP contribution in [0.4, 0.5) is 13.2 Å². The number of halogens is 3. The fourth-order valence-corrected chi connectivity index (χ4v) is 2.28. The van der Waals surface area contributed by atoms with Crippen LogP contribution < -0.4 is 5.32 Å². The molecular weight excluding hydrogens is 255 g/mol. The molecule has 0 amide bonds. The lowest BCUT2D eigenvalue weighted by Crippen LogP contribution is -2.35. The minimum Gasteiger partial charge on any atom is -0.314 e. The van der Waals surface area contributed by atoms with Gasteiger partial charge in [-0.15, -0.1) is 0 Å². The molecule has 1 N–H and O–H groups in total. The Morgan fingerprint density at radius 1 is 1.21 bits per heavy atom. The molecule has 2 nitrogen and oxygen atoms in total.